The number of halogens is 3. The van der Waals surface area contributed by atoms with E-state index in [0.717, 1.165) is 34.5 Å². The van der Waals surface area contributed by atoms with Crippen molar-refractivity contribution in [2.75, 3.05) is 6.54 Å². The Morgan fingerprint density at radius 1 is 1.43 bits per heavy atom. The second-order valence-electron chi connectivity index (χ2n) is 4.80. The Morgan fingerprint density at radius 2 is 2.14 bits per heavy atom. The van der Waals surface area contributed by atoms with Crippen LogP contribution in [-0.4, -0.2) is 21.3 Å². The molecule has 2 rings (SSSR count). The van der Waals surface area contributed by atoms with Crippen LogP contribution in [0.3, 0.4) is 0 Å². The summed E-state index contributed by atoms with van der Waals surface area (Å²) in [5.41, 5.74) is 2.87. The summed E-state index contributed by atoms with van der Waals surface area (Å²) in [5.74, 6) is 0. The van der Waals surface area contributed by atoms with E-state index in [0.29, 0.717) is 10.0 Å². The fourth-order valence-corrected chi connectivity index (χ4v) is 3.30. The predicted octanol–water partition coefficient (Wildman–Crippen LogP) is 4.09. The van der Waals surface area contributed by atoms with Gasteiger partial charge in [0.2, 0.25) is 0 Å². The molecular weight excluding hydrogens is 375 g/mol. The van der Waals surface area contributed by atoms with Gasteiger partial charge in [-0.15, -0.1) is 0 Å². The molecule has 0 fully saturated rings. The highest BCUT2D eigenvalue weighted by Crippen LogP contribution is 2.29. The van der Waals surface area contributed by atoms with Gasteiger partial charge in [-0.3, -0.25) is 9.67 Å². The van der Waals surface area contributed by atoms with E-state index in [2.05, 4.69) is 38.3 Å². The smallest absolute Gasteiger partial charge is 0.0764 e. The normalized spacial score (nSPS) is 12.7. The SMILES string of the molecule is CCNC(Cc1c(Br)c(C)nn1C)c1ncc(Cl)cc1Cl. The van der Waals surface area contributed by atoms with Crippen LogP contribution in [0.2, 0.25) is 10.0 Å². The molecule has 0 saturated carbocycles. The summed E-state index contributed by atoms with van der Waals surface area (Å²) in [7, 11) is 1.94. The third-order valence-corrected chi connectivity index (χ3v) is 4.82. The first kappa shape index (κ1) is 16.7. The van der Waals surface area contributed by atoms with Gasteiger partial charge in [-0.2, -0.15) is 5.10 Å². The maximum atomic E-state index is 6.29. The van der Waals surface area contributed by atoms with Gasteiger partial charge in [0.05, 0.1) is 37.6 Å². The monoisotopic (exact) mass is 390 g/mol. The number of aryl methyl sites for hydroxylation is 2. The van der Waals surface area contributed by atoms with Crippen LogP contribution >= 0.6 is 39.1 Å². The molecule has 21 heavy (non-hydrogen) atoms. The Bertz CT molecular complexity index is 642. The Kier molecular flexibility index (Phi) is 5.66. The van der Waals surface area contributed by atoms with Gasteiger partial charge >= 0.3 is 0 Å². The lowest BCUT2D eigenvalue weighted by atomic mass is 10.1. The van der Waals surface area contributed by atoms with Crippen LogP contribution in [0, 0.1) is 6.92 Å². The van der Waals surface area contributed by atoms with Crippen molar-refractivity contribution in [1.82, 2.24) is 20.1 Å². The minimum Gasteiger partial charge on any atom is -0.309 e. The van der Waals surface area contributed by atoms with E-state index in [1.165, 1.54) is 0 Å². The molecule has 0 aromatic carbocycles. The minimum atomic E-state index is 0.00543. The molecule has 0 aliphatic carbocycles. The number of nitrogens with zero attached hydrogens (tertiary/aromatic N) is 3. The van der Waals surface area contributed by atoms with E-state index >= 15 is 0 Å². The largest absolute Gasteiger partial charge is 0.309 e. The van der Waals surface area contributed by atoms with Gasteiger partial charge in [0.25, 0.3) is 0 Å². The zero-order valence-electron chi connectivity index (χ0n) is 12.1. The molecule has 0 saturated heterocycles. The molecule has 0 spiro atoms. The van der Waals surface area contributed by atoms with Crippen LogP contribution in [-0.2, 0) is 13.5 Å². The van der Waals surface area contributed by atoms with Crippen molar-refractivity contribution in [3.8, 4) is 0 Å². The van der Waals surface area contributed by atoms with Crippen LogP contribution in [0.15, 0.2) is 16.7 Å². The zero-order chi connectivity index (χ0) is 15.6. The van der Waals surface area contributed by atoms with E-state index in [1.807, 2.05) is 18.7 Å². The Morgan fingerprint density at radius 3 is 2.67 bits per heavy atom. The topological polar surface area (TPSA) is 42.7 Å². The Hall–Kier alpha value is -0.620. The van der Waals surface area contributed by atoms with E-state index in [4.69, 9.17) is 23.2 Å². The second kappa shape index (κ2) is 7.09. The van der Waals surface area contributed by atoms with Crippen molar-refractivity contribution >= 4 is 39.1 Å². The average Bonchev–Trinajstić information content (AvgIpc) is 2.65. The van der Waals surface area contributed by atoms with Gasteiger partial charge in [0, 0.05) is 19.7 Å². The first-order chi connectivity index (χ1) is 9.93. The highest BCUT2D eigenvalue weighted by molar-refractivity contribution is 9.10. The number of nitrogens with one attached hydrogen (secondary N) is 1. The van der Waals surface area contributed by atoms with E-state index < -0.39 is 0 Å². The molecule has 2 aromatic heterocycles. The van der Waals surface area contributed by atoms with Crippen molar-refractivity contribution in [2.45, 2.75) is 26.3 Å². The maximum Gasteiger partial charge on any atom is 0.0764 e. The van der Waals surface area contributed by atoms with E-state index in [-0.39, 0.29) is 6.04 Å². The number of pyridine rings is 1. The summed E-state index contributed by atoms with van der Waals surface area (Å²) in [6, 6.07) is 1.73. The van der Waals surface area contributed by atoms with Crippen LogP contribution in [0.5, 0.6) is 0 Å². The van der Waals surface area contributed by atoms with Gasteiger partial charge in [-0.05, 0) is 35.5 Å². The summed E-state index contributed by atoms with van der Waals surface area (Å²) in [6.07, 6.45) is 2.36. The van der Waals surface area contributed by atoms with E-state index in [1.54, 1.807) is 12.3 Å². The molecule has 0 radical (unpaired) electrons. The Balaban J connectivity index is 2.35. The number of rotatable bonds is 5. The molecule has 0 amide bonds. The van der Waals surface area contributed by atoms with Crippen LogP contribution in [0.4, 0.5) is 0 Å². The molecule has 114 valence electrons. The molecule has 4 nitrogen and oxygen atoms in total. The lowest BCUT2D eigenvalue weighted by Gasteiger charge is -2.19. The molecule has 2 aromatic rings. The van der Waals surface area contributed by atoms with Crippen LogP contribution in [0.1, 0.15) is 30.0 Å². The number of hydrogen-bond donors (Lipinski definition) is 1. The molecule has 0 aliphatic rings. The van der Waals surface area contributed by atoms with Crippen molar-refractivity contribution in [3.63, 3.8) is 0 Å². The van der Waals surface area contributed by atoms with Crippen molar-refractivity contribution in [1.29, 1.82) is 0 Å². The molecular formula is C14H17BrCl2N4. The molecule has 1 unspecified atom stereocenters. The summed E-state index contributed by atoms with van der Waals surface area (Å²) in [5, 5.41) is 8.95. The summed E-state index contributed by atoms with van der Waals surface area (Å²) < 4.78 is 2.91. The zero-order valence-corrected chi connectivity index (χ0v) is 15.2. The van der Waals surface area contributed by atoms with Gasteiger partial charge in [-0.1, -0.05) is 30.1 Å². The summed E-state index contributed by atoms with van der Waals surface area (Å²) in [6.45, 7) is 4.85. The van der Waals surface area contributed by atoms with Crippen LogP contribution < -0.4 is 5.32 Å². The maximum absolute atomic E-state index is 6.29. The molecule has 0 aliphatic heterocycles. The first-order valence-electron chi connectivity index (χ1n) is 6.66. The van der Waals surface area contributed by atoms with Crippen molar-refractivity contribution in [2.24, 2.45) is 7.05 Å². The number of likely N-dealkylation sites (N-methyl/N-ethyl adjacent to an activating group) is 1. The van der Waals surface area contributed by atoms with Crippen molar-refractivity contribution < 1.29 is 0 Å². The lowest BCUT2D eigenvalue weighted by molar-refractivity contribution is 0.517. The third kappa shape index (κ3) is 3.77. The van der Waals surface area contributed by atoms with Crippen LogP contribution in [0.25, 0.3) is 0 Å². The number of hydrogen-bond acceptors (Lipinski definition) is 3. The molecule has 0 bridgehead atoms. The molecule has 2 heterocycles. The van der Waals surface area contributed by atoms with Gasteiger partial charge in [0.15, 0.2) is 0 Å². The van der Waals surface area contributed by atoms with Gasteiger partial charge in [-0.25, -0.2) is 0 Å². The highest BCUT2D eigenvalue weighted by atomic mass is 79.9. The average molecular weight is 392 g/mol. The molecule has 1 atom stereocenters. The van der Waals surface area contributed by atoms with Crippen molar-refractivity contribution in [3.05, 3.63) is 43.9 Å². The first-order valence-corrected chi connectivity index (χ1v) is 8.21. The third-order valence-electron chi connectivity index (χ3n) is 3.28. The second-order valence-corrected chi connectivity index (χ2v) is 6.44. The fraction of sp³-hybridized carbons (Fsp3) is 0.429. The minimum absolute atomic E-state index is 0.00543. The molecule has 7 heteroatoms. The Labute approximate surface area is 143 Å². The quantitative estimate of drug-likeness (QED) is 0.834. The lowest BCUT2D eigenvalue weighted by Crippen LogP contribution is -2.25. The standard InChI is InChI=1S/C14H17BrCl2N4/c1-4-18-11(14-10(17)5-9(16)7-19-14)6-12-13(15)8(2)20-21(12)3/h5,7,11,18H,4,6H2,1-3H3. The molecule has 1 N–H and O–H groups in total. The van der Waals surface area contributed by atoms with Gasteiger partial charge in [0.1, 0.15) is 0 Å². The highest BCUT2D eigenvalue weighted by Gasteiger charge is 2.21. The predicted molar refractivity (Wildman–Crippen MR) is 90.0 cm³/mol. The number of aromatic nitrogens is 3. The summed E-state index contributed by atoms with van der Waals surface area (Å²) in [4.78, 5) is 4.39. The van der Waals surface area contributed by atoms with E-state index in [9.17, 15) is 0 Å². The fourth-order valence-electron chi connectivity index (χ4n) is 2.29. The van der Waals surface area contributed by atoms with Gasteiger partial charge < -0.3 is 5.32 Å². The summed E-state index contributed by atoms with van der Waals surface area (Å²) >= 11 is 15.8.